The molecule has 31 heavy (non-hydrogen) atoms. The van der Waals surface area contributed by atoms with Gasteiger partial charge in [-0.15, -0.1) is 0 Å². The molecule has 1 heterocycles. The van der Waals surface area contributed by atoms with E-state index in [1.165, 1.54) is 25.3 Å². The van der Waals surface area contributed by atoms with Crippen LogP contribution in [0, 0.1) is 0 Å². The van der Waals surface area contributed by atoms with Crippen LogP contribution in [0.2, 0.25) is 5.02 Å². The molecule has 0 spiro atoms. The molecule has 4 aromatic rings. The first-order chi connectivity index (χ1) is 15.0. The van der Waals surface area contributed by atoms with Crippen LogP contribution in [0.25, 0.3) is 11.0 Å². The minimum absolute atomic E-state index is 0.189. The summed E-state index contributed by atoms with van der Waals surface area (Å²) in [6.45, 7) is 0. The van der Waals surface area contributed by atoms with Crippen molar-refractivity contribution in [1.82, 2.24) is 0 Å². The molecule has 0 aliphatic heterocycles. The first-order valence-corrected chi connectivity index (χ1v) is 9.66. The van der Waals surface area contributed by atoms with E-state index >= 15 is 0 Å². The van der Waals surface area contributed by atoms with Gasteiger partial charge in [-0.3, -0.25) is 9.59 Å². The normalized spacial score (nSPS) is 10.6. The number of anilines is 1. The van der Waals surface area contributed by atoms with E-state index in [4.69, 9.17) is 20.8 Å². The van der Waals surface area contributed by atoms with E-state index < -0.39 is 11.5 Å². The molecule has 0 bridgehead atoms. The first kappa shape index (κ1) is 20.4. The highest BCUT2D eigenvalue weighted by Crippen LogP contribution is 2.25. The maximum absolute atomic E-state index is 12.9. The Morgan fingerprint density at radius 2 is 1.71 bits per heavy atom. The number of ketones is 1. The van der Waals surface area contributed by atoms with Crippen LogP contribution in [-0.4, -0.2) is 18.8 Å². The molecule has 0 aliphatic carbocycles. The molecule has 0 fully saturated rings. The third-order valence-electron chi connectivity index (χ3n) is 4.70. The third kappa shape index (κ3) is 4.20. The van der Waals surface area contributed by atoms with Gasteiger partial charge in [-0.1, -0.05) is 41.9 Å². The summed E-state index contributed by atoms with van der Waals surface area (Å²) < 4.78 is 10.4. The Morgan fingerprint density at radius 1 is 0.935 bits per heavy atom. The Morgan fingerprint density at radius 3 is 2.45 bits per heavy atom. The number of fused-ring (bicyclic) bond motifs is 1. The van der Waals surface area contributed by atoms with E-state index in [1.807, 2.05) is 0 Å². The van der Waals surface area contributed by atoms with E-state index in [0.717, 1.165) is 0 Å². The Balaban J connectivity index is 1.70. The number of amides is 1. The van der Waals surface area contributed by atoms with Crippen molar-refractivity contribution >= 4 is 39.9 Å². The lowest BCUT2D eigenvalue weighted by atomic mass is 10.0. The van der Waals surface area contributed by atoms with Crippen molar-refractivity contribution in [2.24, 2.45) is 0 Å². The van der Waals surface area contributed by atoms with Crippen molar-refractivity contribution in [3.63, 3.8) is 0 Å². The van der Waals surface area contributed by atoms with E-state index in [9.17, 15) is 14.4 Å². The van der Waals surface area contributed by atoms with E-state index in [2.05, 4.69) is 5.32 Å². The molecule has 4 rings (SSSR count). The second-order valence-corrected chi connectivity index (χ2v) is 7.13. The van der Waals surface area contributed by atoms with E-state index in [0.29, 0.717) is 27.3 Å². The van der Waals surface area contributed by atoms with Crippen LogP contribution in [0.5, 0.6) is 5.75 Å². The lowest BCUT2D eigenvalue weighted by Crippen LogP contribution is -2.22. The van der Waals surface area contributed by atoms with Crippen LogP contribution in [0.15, 0.2) is 82.0 Å². The van der Waals surface area contributed by atoms with Gasteiger partial charge in [0.25, 0.3) is 5.91 Å². The lowest BCUT2D eigenvalue weighted by molar-refractivity contribution is 0.102. The molecule has 1 N–H and O–H groups in total. The molecule has 0 radical (unpaired) electrons. The summed E-state index contributed by atoms with van der Waals surface area (Å²) in [6.07, 6.45) is 0. The van der Waals surface area contributed by atoms with Gasteiger partial charge in [-0.25, -0.2) is 4.79 Å². The van der Waals surface area contributed by atoms with Crippen LogP contribution in [0.3, 0.4) is 0 Å². The molecule has 0 aliphatic rings. The average Bonchev–Trinajstić information content (AvgIpc) is 2.79. The maximum Gasteiger partial charge on any atom is 0.349 e. The minimum Gasteiger partial charge on any atom is -0.497 e. The Hall–Kier alpha value is -3.90. The van der Waals surface area contributed by atoms with Crippen LogP contribution < -0.4 is 15.7 Å². The summed E-state index contributed by atoms with van der Waals surface area (Å²) in [7, 11) is 1.50. The molecule has 7 heteroatoms. The molecule has 0 atom stereocenters. The number of ether oxygens (including phenoxy) is 1. The van der Waals surface area contributed by atoms with Crippen molar-refractivity contribution < 1.29 is 18.7 Å². The number of carbonyl (C=O) groups is 2. The third-order valence-corrected chi connectivity index (χ3v) is 4.93. The quantitative estimate of drug-likeness (QED) is 0.356. The van der Waals surface area contributed by atoms with Crippen molar-refractivity contribution in [2.45, 2.75) is 0 Å². The van der Waals surface area contributed by atoms with Gasteiger partial charge in [0.05, 0.1) is 12.8 Å². The van der Waals surface area contributed by atoms with Gasteiger partial charge in [-0.05, 0) is 36.4 Å². The van der Waals surface area contributed by atoms with Crippen molar-refractivity contribution in [2.75, 3.05) is 12.4 Å². The number of hydrogen-bond donors (Lipinski definition) is 1. The van der Waals surface area contributed by atoms with Gasteiger partial charge in [0.15, 0.2) is 5.78 Å². The molecular formula is C24H16ClNO5. The molecule has 6 nitrogen and oxygen atoms in total. The second kappa shape index (κ2) is 8.45. The Labute approximate surface area is 182 Å². The van der Waals surface area contributed by atoms with Crippen molar-refractivity contribution in [3.8, 4) is 5.75 Å². The van der Waals surface area contributed by atoms with Gasteiger partial charge in [0.2, 0.25) is 0 Å². The highest BCUT2D eigenvalue weighted by molar-refractivity contribution is 6.31. The van der Waals surface area contributed by atoms with Gasteiger partial charge in [0.1, 0.15) is 16.9 Å². The molecule has 1 amide bonds. The summed E-state index contributed by atoms with van der Waals surface area (Å²) in [5.74, 6) is -0.481. The number of carbonyl (C=O) groups excluding carboxylic acids is 2. The van der Waals surface area contributed by atoms with Crippen LogP contribution in [0.4, 0.5) is 5.69 Å². The summed E-state index contributed by atoms with van der Waals surface area (Å²) >= 11 is 6.08. The zero-order chi connectivity index (χ0) is 22.0. The number of hydrogen-bond acceptors (Lipinski definition) is 5. The van der Waals surface area contributed by atoms with Crippen LogP contribution in [0.1, 0.15) is 26.3 Å². The highest BCUT2D eigenvalue weighted by Gasteiger charge is 2.19. The summed E-state index contributed by atoms with van der Waals surface area (Å²) in [6, 6.07) is 19.5. The predicted molar refractivity (Wildman–Crippen MR) is 118 cm³/mol. The molecule has 0 saturated carbocycles. The SMILES string of the molecule is COc1ccc2cc(C(=O)Nc3ccc(Cl)cc3C(=O)c3ccccc3)c(=O)oc2c1. The molecule has 3 aromatic carbocycles. The fourth-order valence-electron chi connectivity index (χ4n) is 3.12. The summed E-state index contributed by atoms with van der Waals surface area (Å²) in [4.78, 5) is 38.2. The molecule has 154 valence electrons. The maximum atomic E-state index is 12.9. The highest BCUT2D eigenvalue weighted by atomic mass is 35.5. The van der Waals surface area contributed by atoms with Gasteiger partial charge in [-0.2, -0.15) is 0 Å². The fourth-order valence-corrected chi connectivity index (χ4v) is 3.30. The van der Waals surface area contributed by atoms with Gasteiger partial charge >= 0.3 is 5.63 Å². The number of halogens is 1. The Bertz CT molecular complexity index is 1360. The minimum atomic E-state index is -0.803. The molecular weight excluding hydrogens is 418 g/mol. The fraction of sp³-hybridized carbons (Fsp3) is 0.0417. The van der Waals surface area contributed by atoms with Crippen LogP contribution in [-0.2, 0) is 0 Å². The van der Waals surface area contributed by atoms with Crippen molar-refractivity contribution in [3.05, 3.63) is 105 Å². The number of nitrogens with one attached hydrogen (secondary N) is 1. The molecule has 0 saturated heterocycles. The topological polar surface area (TPSA) is 85.6 Å². The van der Waals surface area contributed by atoms with Gasteiger partial charge < -0.3 is 14.5 Å². The zero-order valence-corrected chi connectivity index (χ0v) is 17.1. The van der Waals surface area contributed by atoms with Crippen molar-refractivity contribution in [1.29, 1.82) is 0 Å². The predicted octanol–water partition coefficient (Wildman–Crippen LogP) is 4.94. The molecule has 0 unspecified atom stereocenters. The monoisotopic (exact) mass is 433 g/mol. The van der Waals surface area contributed by atoms with Crippen LogP contribution >= 0.6 is 11.6 Å². The van der Waals surface area contributed by atoms with E-state index in [1.54, 1.807) is 54.6 Å². The summed E-state index contributed by atoms with van der Waals surface area (Å²) in [5.41, 5.74) is 0.195. The standard InChI is InChI=1S/C24H16ClNO5/c1-30-17-9-7-15-11-19(24(29)31-21(15)13-17)23(28)26-20-10-8-16(25)12-18(20)22(27)14-5-3-2-4-6-14/h2-13H,1H3,(H,26,28). The number of rotatable bonds is 5. The smallest absolute Gasteiger partial charge is 0.349 e. The van der Waals surface area contributed by atoms with E-state index in [-0.39, 0.29) is 22.6 Å². The lowest BCUT2D eigenvalue weighted by Gasteiger charge is -2.11. The second-order valence-electron chi connectivity index (χ2n) is 6.69. The largest absolute Gasteiger partial charge is 0.497 e. The zero-order valence-electron chi connectivity index (χ0n) is 16.3. The molecule has 1 aromatic heterocycles. The summed E-state index contributed by atoms with van der Waals surface area (Å²) in [5, 5.41) is 3.53. The first-order valence-electron chi connectivity index (χ1n) is 9.29. The number of methoxy groups -OCH3 is 1. The average molecular weight is 434 g/mol. The number of benzene rings is 3. The van der Waals surface area contributed by atoms with Gasteiger partial charge in [0, 0.05) is 27.6 Å². The Kier molecular flexibility index (Phi) is 5.56.